The monoisotopic (exact) mass is 328 g/mol. The zero-order valence-electron chi connectivity index (χ0n) is 14.1. The third-order valence-corrected chi connectivity index (χ3v) is 4.21. The molecule has 0 bridgehead atoms. The van der Waals surface area contributed by atoms with Crippen molar-refractivity contribution >= 4 is 11.6 Å². The number of benzene rings is 1. The molecule has 24 heavy (non-hydrogen) atoms. The van der Waals surface area contributed by atoms with Crippen LogP contribution in [0.25, 0.3) is 0 Å². The number of hydrogen-bond donors (Lipinski definition) is 2. The normalized spacial score (nSPS) is 18.2. The van der Waals surface area contributed by atoms with Gasteiger partial charge in [-0.05, 0) is 44.0 Å². The van der Waals surface area contributed by atoms with Crippen LogP contribution in [-0.2, 0) is 6.54 Å². The summed E-state index contributed by atoms with van der Waals surface area (Å²) in [5, 5.41) is 16.8. The molecule has 2 heterocycles. The minimum atomic E-state index is -0.219. The van der Waals surface area contributed by atoms with Crippen molar-refractivity contribution in [1.82, 2.24) is 14.7 Å². The summed E-state index contributed by atoms with van der Waals surface area (Å²) < 4.78 is 1.77. The molecule has 0 radical (unpaired) electrons. The molecule has 2 aromatic rings. The first-order valence-corrected chi connectivity index (χ1v) is 8.37. The number of carbonyl (C=O) groups is 1. The molecular formula is C18H24N4O2. The van der Waals surface area contributed by atoms with Crippen LogP contribution in [0.1, 0.15) is 42.4 Å². The largest absolute Gasteiger partial charge is 0.392 e. The molecular weight excluding hydrogens is 304 g/mol. The van der Waals surface area contributed by atoms with Crippen molar-refractivity contribution in [1.29, 1.82) is 0 Å². The molecule has 128 valence electrons. The Morgan fingerprint density at radius 2 is 2.25 bits per heavy atom. The fourth-order valence-corrected chi connectivity index (χ4v) is 2.90. The molecule has 0 unspecified atom stereocenters. The molecule has 1 aliphatic rings. The third kappa shape index (κ3) is 4.01. The Morgan fingerprint density at radius 3 is 2.92 bits per heavy atom. The van der Waals surface area contributed by atoms with E-state index >= 15 is 0 Å². The van der Waals surface area contributed by atoms with E-state index in [1.807, 2.05) is 44.3 Å². The van der Waals surface area contributed by atoms with Gasteiger partial charge in [0.15, 0.2) is 5.69 Å². The van der Waals surface area contributed by atoms with Crippen LogP contribution in [0, 0.1) is 0 Å². The van der Waals surface area contributed by atoms with Gasteiger partial charge in [0.2, 0.25) is 0 Å². The number of β-amino-alcohol motifs (C(OH)–C–C–N with tert-alkyl or cyclic N) is 1. The summed E-state index contributed by atoms with van der Waals surface area (Å²) in [4.78, 5) is 14.5. The van der Waals surface area contributed by atoms with E-state index in [1.165, 1.54) is 0 Å². The van der Waals surface area contributed by atoms with Crippen LogP contribution in [0.2, 0.25) is 0 Å². The molecule has 1 aromatic carbocycles. The second-order valence-corrected chi connectivity index (χ2v) is 6.61. The molecule has 6 heteroatoms. The smallest absolute Gasteiger partial charge is 0.276 e. The number of amides is 1. The summed E-state index contributed by atoms with van der Waals surface area (Å²) in [5.74, 6) is -0.205. The van der Waals surface area contributed by atoms with Crippen LogP contribution in [0.15, 0.2) is 36.5 Å². The number of nitrogens with one attached hydrogen (secondary N) is 1. The number of nitrogens with zero attached hydrogens (tertiary/aromatic N) is 3. The number of aliphatic hydroxyl groups excluding tert-OH is 1. The van der Waals surface area contributed by atoms with Gasteiger partial charge in [0.1, 0.15) is 0 Å². The van der Waals surface area contributed by atoms with E-state index in [1.54, 1.807) is 10.7 Å². The van der Waals surface area contributed by atoms with Gasteiger partial charge in [-0.15, -0.1) is 0 Å². The van der Waals surface area contributed by atoms with Crippen molar-refractivity contribution in [2.75, 3.05) is 18.4 Å². The topological polar surface area (TPSA) is 70.4 Å². The number of aromatic nitrogens is 2. The minimum absolute atomic E-state index is 0.205. The first-order chi connectivity index (χ1) is 11.5. The van der Waals surface area contributed by atoms with Gasteiger partial charge in [0, 0.05) is 37.6 Å². The maximum absolute atomic E-state index is 12.3. The third-order valence-electron chi connectivity index (χ3n) is 4.21. The van der Waals surface area contributed by atoms with Crippen LogP contribution >= 0.6 is 0 Å². The molecule has 1 amide bonds. The fourth-order valence-electron chi connectivity index (χ4n) is 2.90. The van der Waals surface area contributed by atoms with E-state index in [9.17, 15) is 9.90 Å². The lowest BCUT2D eigenvalue weighted by molar-refractivity contribution is 0.102. The molecule has 0 spiro atoms. The second-order valence-electron chi connectivity index (χ2n) is 6.61. The Hall–Kier alpha value is -2.18. The van der Waals surface area contributed by atoms with Crippen molar-refractivity contribution in [3.63, 3.8) is 0 Å². The molecule has 1 saturated heterocycles. The van der Waals surface area contributed by atoms with Gasteiger partial charge in [-0.25, -0.2) is 0 Å². The van der Waals surface area contributed by atoms with Crippen LogP contribution in [0.5, 0.6) is 0 Å². The maximum atomic E-state index is 12.3. The summed E-state index contributed by atoms with van der Waals surface area (Å²) in [7, 11) is 0. The van der Waals surface area contributed by atoms with Gasteiger partial charge in [0.05, 0.1) is 6.10 Å². The highest BCUT2D eigenvalue weighted by Gasteiger charge is 2.20. The first-order valence-electron chi connectivity index (χ1n) is 8.37. The fraction of sp³-hybridized carbons (Fsp3) is 0.444. The van der Waals surface area contributed by atoms with Crippen molar-refractivity contribution in [3.05, 3.63) is 47.8 Å². The van der Waals surface area contributed by atoms with Gasteiger partial charge in [-0.1, -0.05) is 12.1 Å². The Labute approximate surface area is 142 Å². The minimum Gasteiger partial charge on any atom is -0.392 e. The van der Waals surface area contributed by atoms with Crippen molar-refractivity contribution in [2.45, 2.75) is 39.0 Å². The summed E-state index contributed by atoms with van der Waals surface area (Å²) in [6.07, 6.45) is 2.42. The predicted molar refractivity (Wildman–Crippen MR) is 92.9 cm³/mol. The van der Waals surface area contributed by atoms with Crippen molar-refractivity contribution < 1.29 is 9.90 Å². The summed E-state index contributed by atoms with van der Waals surface area (Å²) in [5.41, 5.74) is 2.29. The highest BCUT2D eigenvalue weighted by Crippen LogP contribution is 2.17. The molecule has 2 N–H and O–H groups in total. The molecule has 1 fully saturated rings. The Kier molecular flexibility index (Phi) is 4.97. The molecule has 1 aliphatic heterocycles. The van der Waals surface area contributed by atoms with Gasteiger partial charge in [-0.2, -0.15) is 5.10 Å². The summed E-state index contributed by atoms with van der Waals surface area (Å²) >= 11 is 0. The quantitative estimate of drug-likeness (QED) is 0.883. The highest BCUT2D eigenvalue weighted by molar-refractivity contribution is 6.02. The number of anilines is 1. The molecule has 3 rings (SSSR count). The van der Waals surface area contributed by atoms with Crippen molar-refractivity contribution in [3.8, 4) is 0 Å². The Bertz CT molecular complexity index is 711. The molecule has 0 saturated carbocycles. The molecule has 6 nitrogen and oxygen atoms in total. The van der Waals surface area contributed by atoms with Crippen LogP contribution in [0.4, 0.5) is 5.69 Å². The average Bonchev–Trinajstić information content (AvgIpc) is 3.17. The lowest BCUT2D eigenvalue weighted by Crippen LogP contribution is -2.21. The van der Waals surface area contributed by atoms with E-state index in [4.69, 9.17) is 0 Å². The van der Waals surface area contributed by atoms with Crippen molar-refractivity contribution in [2.24, 2.45) is 0 Å². The van der Waals surface area contributed by atoms with Gasteiger partial charge < -0.3 is 10.4 Å². The lowest BCUT2D eigenvalue weighted by atomic mass is 10.2. The SMILES string of the molecule is CC(C)n1ccc(C(=O)Nc2cccc(CN3CC[C@@H](O)C3)c2)n1. The molecule has 1 atom stereocenters. The van der Waals surface area contributed by atoms with E-state index in [-0.39, 0.29) is 18.1 Å². The predicted octanol–water partition coefficient (Wildman–Crippen LogP) is 2.28. The molecule has 0 aliphatic carbocycles. The summed E-state index contributed by atoms with van der Waals surface area (Å²) in [6, 6.07) is 9.77. The summed E-state index contributed by atoms with van der Waals surface area (Å²) in [6.45, 7) is 6.44. The van der Waals surface area contributed by atoms with E-state index in [2.05, 4.69) is 15.3 Å². The highest BCUT2D eigenvalue weighted by atomic mass is 16.3. The Balaban J connectivity index is 1.64. The number of likely N-dealkylation sites (tertiary alicyclic amines) is 1. The zero-order chi connectivity index (χ0) is 17.1. The second kappa shape index (κ2) is 7.15. The van der Waals surface area contributed by atoms with Gasteiger partial charge in [0.25, 0.3) is 5.91 Å². The number of hydrogen-bond acceptors (Lipinski definition) is 4. The van der Waals surface area contributed by atoms with E-state index < -0.39 is 0 Å². The number of rotatable bonds is 5. The maximum Gasteiger partial charge on any atom is 0.276 e. The van der Waals surface area contributed by atoms with Crippen LogP contribution in [-0.4, -0.2) is 44.9 Å². The first kappa shape index (κ1) is 16.7. The number of carbonyl (C=O) groups excluding carboxylic acids is 1. The van der Waals surface area contributed by atoms with Crippen LogP contribution in [0.3, 0.4) is 0 Å². The molecule has 1 aromatic heterocycles. The van der Waals surface area contributed by atoms with Gasteiger partial charge >= 0.3 is 0 Å². The Morgan fingerprint density at radius 1 is 1.42 bits per heavy atom. The zero-order valence-corrected chi connectivity index (χ0v) is 14.1. The van der Waals surface area contributed by atoms with E-state index in [0.29, 0.717) is 12.2 Å². The lowest BCUT2D eigenvalue weighted by Gasteiger charge is -2.15. The standard InChI is InChI=1S/C18H24N4O2/c1-13(2)22-9-7-17(20-22)18(24)19-15-5-3-4-14(10-15)11-21-8-6-16(23)12-21/h3-5,7,9-10,13,16,23H,6,8,11-12H2,1-2H3,(H,19,24)/t16-/m1/s1. The van der Waals surface area contributed by atoms with Crippen LogP contribution < -0.4 is 5.32 Å². The number of aliphatic hydroxyl groups is 1. The van der Waals surface area contributed by atoms with Gasteiger partial charge in [-0.3, -0.25) is 14.4 Å². The van der Waals surface area contributed by atoms with E-state index in [0.717, 1.165) is 30.8 Å². The average molecular weight is 328 g/mol.